The Hall–Kier alpha value is -1.87. The van der Waals surface area contributed by atoms with E-state index in [9.17, 15) is 9.59 Å². The second kappa shape index (κ2) is 6.06. The third-order valence-corrected chi connectivity index (χ3v) is 3.89. The Kier molecular flexibility index (Phi) is 4.90. The topological polar surface area (TPSA) is 79.2 Å². The molecule has 5 nitrogen and oxygen atoms in total. The lowest BCUT2D eigenvalue weighted by atomic mass is 9.96. The molecule has 20 heavy (non-hydrogen) atoms. The first-order valence-corrected chi connectivity index (χ1v) is 6.95. The molecular formula is C14H18N2O3S. The minimum Gasteiger partial charge on any atom is -0.447 e. The highest BCUT2D eigenvalue weighted by Crippen LogP contribution is 2.34. The Morgan fingerprint density at radius 2 is 1.95 bits per heavy atom. The van der Waals surface area contributed by atoms with Gasteiger partial charge in [-0.15, -0.1) is 11.3 Å². The Labute approximate surface area is 122 Å². The normalized spacial score (nSPS) is 10.8. The predicted molar refractivity (Wildman–Crippen MR) is 77.8 cm³/mol. The first-order valence-electron chi connectivity index (χ1n) is 6.14. The summed E-state index contributed by atoms with van der Waals surface area (Å²) in [6, 6.07) is 1.75. The molecule has 0 atom stereocenters. The van der Waals surface area contributed by atoms with Gasteiger partial charge in [0.05, 0.1) is 5.56 Å². The van der Waals surface area contributed by atoms with Crippen LogP contribution in [-0.2, 0) is 9.53 Å². The van der Waals surface area contributed by atoms with Gasteiger partial charge in [0.1, 0.15) is 11.1 Å². The van der Waals surface area contributed by atoms with Crippen molar-refractivity contribution in [2.24, 2.45) is 5.41 Å². The van der Waals surface area contributed by atoms with Crippen molar-refractivity contribution in [3.8, 4) is 6.07 Å². The molecule has 1 amide bonds. The van der Waals surface area contributed by atoms with Crippen LogP contribution in [0.15, 0.2) is 0 Å². The van der Waals surface area contributed by atoms with Gasteiger partial charge in [0, 0.05) is 10.3 Å². The lowest BCUT2D eigenvalue weighted by molar-refractivity contribution is -0.123. The molecule has 1 aromatic heterocycles. The van der Waals surface area contributed by atoms with Crippen LogP contribution in [0.4, 0.5) is 5.00 Å². The van der Waals surface area contributed by atoms with Gasteiger partial charge in [0.15, 0.2) is 6.61 Å². The number of thiophene rings is 1. The Bertz CT molecular complexity index is 576. The first-order chi connectivity index (χ1) is 9.18. The van der Waals surface area contributed by atoms with Gasteiger partial charge in [-0.25, -0.2) is 4.79 Å². The molecule has 1 aromatic rings. The lowest BCUT2D eigenvalue weighted by Crippen LogP contribution is -2.28. The number of hydrogen-bond acceptors (Lipinski definition) is 5. The smallest absolute Gasteiger partial charge is 0.342 e. The number of hydrogen-bond donors (Lipinski definition) is 1. The Balaban J connectivity index is 3.09. The van der Waals surface area contributed by atoms with Crippen molar-refractivity contribution >= 4 is 28.2 Å². The summed E-state index contributed by atoms with van der Waals surface area (Å²) >= 11 is 1.33. The predicted octanol–water partition coefficient (Wildman–Crippen LogP) is 3.03. The molecule has 1 heterocycles. The first kappa shape index (κ1) is 16.2. The fourth-order valence-electron chi connectivity index (χ4n) is 1.42. The Morgan fingerprint density at radius 1 is 1.35 bits per heavy atom. The zero-order chi connectivity index (χ0) is 15.5. The number of carbonyl (C=O) groups excluding carboxylic acids is 2. The molecule has 0 aliphatic carbocycles. The van der Waals surface area contributed by atoms with Crippen LogP contribution in [0.25, 0.3) is 0 Å². The van der Waals surface area contributed by atoms with Crippen molar-refractivity contribution in [2.75, 3.05) is 11.9 Å². The summed E-state index contributed by atoms with van der Waals surface area (Å²) in [6.07, 6.45) is 0. The van der Waals surface area contributed by atoms with Gasteiger partial charge in [-0.3, -0.25) is 4.79 Å². The van der Waals surface area contributed by atoms with Gasteiger partial charge in [0.25, 0.3) is 0 Å². The molecule has 0 unspecified atom stereocenters. The average molecular weight is 294 g/mol. The van der Waals surface area contributed by atoms with Crippen molar-refractivity contribution in [3.05, 3.63) is 16.0 Å². The highest BCUT2D eigenvalue weighted by atomic mass is 32.1. The number of esters is 1. The van der Waals surface area contributed by atoms with E-state index in [1.54, 1.807) is 33.8 Å². The van der Waals surface area contributed by atoms with Gasteiger partial charge in [-0.1, -0.05) is 20.8 Å². The van der Waals surface area contributed by atoms with Crippen LogP contribution in [0.1, 0.15) is 41.6 Å². The highest BCUT2D eigenvalue weighted by molar-refractivity contribution is 7.16. The second-order valence-electron chi connectivity index (χ2n) is 5.43. The highest BCUT2D eigenvalue weighted by Gasteiger charge is 2.26. The van der Waals surface area contributed by atoms with Gasteiger partial charge in [-0.2, -0.15) is 5.26 Å². The molecule has 6 heteroatoms. The second-order valence-corrected chi connectivity index (χ2v) is 6.65. The summed E-state index contributed by atoms with van der Waals surface area (Å²) in [7, 11) is 0. The summed E-state index contributed by atoms with van der Waals surface area (Å²) in [5, 5.41) is 11.7. The zero-order valence-electron chi connectivity index (χ0n) is 12.3. The van der Waals surface area contributed by atoms with E-state index in [0.717, 1.165) is 10.4 Å². The van der Waals surface area contributed by atoms with E-state index in [4.69, 9.17) is 10.00 Å². The summed E-state index contributed by atoms with van der Waals surface area (Å²) < 4.78 is 4.83. The molecule has 108 valence electrons. The number of aryl methyl sites for hydroxylation is 1. The van der Waals surface area contributed by atoms with E-state index in [-0.39, 0.29) is 12.5 Å². The molecule has 0 bridgehead atoms. The molecule has 0 radical (unpaired) electrons. The van der Waals surface area contributed by atoms with Gasteiger partial charge >= 0.3 is 5.97 Å². The van der Waals surface area contributed by atoms with Crippen molar-refractivity contribution in [1.29, 1.82) is 5.26 Å². The number of nitrogens with zero attached hydrogens (tertiary/aromatic N) is 1. The van der Waals surface area contributed by atoms with Crippen LogP contribution < -0.4 is 5.32 Å². The van der Waals surface area contributed by atoms with Crippen LogP contribution in [0.5, 0.6) is 0 Å². The molecule has 0 saturated heterocycles. The van der Waals surface area contributed by atoms with Crippen LogP contribution in [-0.4, -0.2) is 18.5 Å². The quantitative estimate of drug-likeness (QED) is 0.869. The number of rotatable bonds is 3. The number of anilines is 1. The molecule has 0 spiro atoms. The fraction of sp³-hybridized carbons (Fsp3) is 0.500. The van der Waals surface area contributed by atoms with Crippen LogP contribution in [0, 0.1) is 30.6 Å². The van der Waals surface area contributed by atoms with Gasteiger partial charge in [-0.05, 0) is 19.4 Å². The third-order valence-electron chi connectivity index (χ3n) is 2.77. The lowest BCUT2D eigenvalue weighted by Gasteiger charge is -2.17. The van der Waals surface area contributed by atoms with E-state index in [0.29, 0.717) is 10.6 Å². The minimum atomic E-state index is -0.586. The van der Waals surface area contributed by atoms with Crippen molar-refractivity contribution in [3.63, 3.8) is 0 Å². The third kappa shape index (κ3) is 3.58. The van der Waals surface area contributed by atoms with E-state index in [1.165, 1.54) is 11.3 Å². The molecule has 0 aliphatic heterocycles. The molecular weight excluding hydrogens is 276 g/mol. The number of carbonyl (C=O) groups is 2. The van der Waals surface area contributed by atoms with E-state index < -0.39 is 11.4 Å². The molecule has 0 fully saturated rings. The minimum absolute atomic E-state index is 0.173. The summed E-state index contributed by atoms with van der Waals surface area (Å²) in [4.78, 5) is 24.9. The number of ether oxygens (including phenoxy) is 1. The zero-order valence-corrected chi connectivity index (χ0v) is 13.1. The molecule has 1 rings (SSSR count). The van der Waals surface area contributed by atoms with Crippen molar-refractivity contribution in [1.82, 2.24) is 0 Å². The summed E-state index contributed by atoms with van der Waals surface area (Å²) in [5.74, 6) is -0.759. The van der Waals surface area contributed by atoms with E-state index in [2.05, 4.69) is 5.32 Å². The largest absolute Gasteiger partial charge is 0.447 e. The maximum absolute atomic E-state index is 12.0. The Morgan fingerprint density at radius 3 is 2.45 bits per heavy atom. The van der Waals surface area contributed by atoms with Crippen LogP contribution in [0.3, 0.4) is 0 Å². The fourth-order valence-corrected chi connectivity index (χ4v) is 2.46. The standard InChI is InChI=1S/C14H18N2O3S/c1-8-9(2)20-11(16-13(18)14(3,4)5)10(8)12(17)19-7-6-15/h7H2,1-5H3,(H,16,18). The maximum atomic E-state index is 12.0. The maximum Gasteiger partial charge on any atom is 0.342 e. The van der Waals surface area contributed by atoms with Gasteiger partial charge < -0.3 is 10.1 Å². The van der Waals surface area contributed by atoms with Crippen molar-refractivity contribution < 1.29 is 14.3 Å². The molecule has 0 aromatic carbocycles. The average Bonchev–Trinajstić information content (AvgIpc) is 2.61. The summed E-state index contributed by atoms with van der Waals surface area (Å²) in [6.45, 7) is 8.74. The number of amides is 1. The molecule has 0 aliphatic rings. The number of nitriles is 1. The SMILES string of the molecule is Cc1sc(NC(=O)C(C)(C)C)c(C(=O)OCC#N)c1C. The molecule has 1 N–H and O–H groups in total. The molecule has 0 saturated carbocycles. The van der Waals surface area contributed by atoms with Crippen LogP contribution in [0.2, 0.25) is 0 Å². The number of nitrogens with one attached hydrogen (secondary N) is 1. The van der Waals surface area contributed by atoms with E-state index in [1.807, 2.05) is 6.92 Å². The van der Waals surface area contributed by atoms with Gasteiger partial charge in [0.2, 0.25) is 5.91 Å². The van der Waals surface area contributed by atoms with Crippen LogP contribution >= 0.6 is 11.3 Å². The van der Waals surface area contributed by atoms with E-state index >= 15 is 0 Å². The summed E-state index contributed by atoms with van der Waals surface area (Å²) in [5.41, 5.74) is 0.544. The van der Waals surface area contributed by atoms with Crippen molar-refractivity contribution in [2.45, 2.75) is 34.6 Å². The monoisotopic (exact) mass is 294 g/mol.